The van der Waals surface area contributed by atoms with Crippen LogP contribution < -0.4 is 5.73 Å². The topological polar surface area (TPSA) is 55.6 Å². The van der Waals surface area contributed by atoms with Crippen LogP contribution in [0.1, 0.15) is 25.3 Å². The smallest absolute Gasteiger partial charge is 0.248 e. The molecule has 2 N–H and O–H groups in total. The van der Waals surface area contributed by atoms with E-state index in [1.54, 1.807) is 0 Å². The third kappa shape index (κ3) is 3.47. The van der Waals surface area contributed by atoms with Crippen molar-refractivity contribution >= 4 is 11.6 Å². The quantitative estimate of drug-likeness (QED) is 0.781. The Morgan fingerprint density at radius 3 is 2.61 bits per heavy atom. The van der Waals surface area contributed by atoms with Gasteiger partial charge >= 0.3 is 0 Å². The lowest BCUT2D eigenvalue weighted by atomic mass is 10.2. The van der Waals surface area contributed by atoms with Gasteiger partial charge in [0.25, 0.3) is 0 Å². The van der Waals surface area contributed by atoms with Gasteiger partial charge in [-0.2, -0.15) is 0 Å². The number of benzene rings is 1. The number of carbonyl (C=O) groups excluding carboxylic acids is 1. The molecule has 0 radical (unpaired) electrons. The number of nitrogens with zero attached hydrogens (tertiary/aromatic N) is 1. The van der Waals surface area contributed by atoms with Crippen LogP contribution in [0.5, 0.6) is 0 Å². The van der Waals surface area contributed by atoms with E-state index in [4.69, 9.17) is 10.5 Å². The number of hydrogen-bond donors (Lipinski definition) is 1. The summed E-state index contributed by atoms with van der Waals surface area (Å²) in [6.07, 6.45) is 2.27. The van der Waals surface area contributed by atoms with Crippen molar-refractivity contribution in [1.29, 1.82) is 0 Å². The number of amides is 1. The minimum Gasteiger partial charge on any atom is -0.399 e. The highest BCUT2D eigenvalue weighted by Gasteiger charge is 2.31. The van der Waals surface area contributed by atoms with E-state index in [1.807, 2.05) is 36.1 Å². The van der Waals surface area contributed by atoms with Gasteiger partial charge in [-0.1, -0.05) is 12.1 Å². The Bertz CT molecular complexity index is 399. The minimum atomic E-state index is 0.0930. The summed E-state index contributed by atoms with van der Waals surface area (Å²) in [5.74, 6) is 0.0930. The van der Waals surface area contributed by atoms with Crippen LogP contribution in [0.3, 0.4) is 0 Å². The molecule has 1 saturated carbocycles. The van der Waals surface area contributed by atoms with E-state index in [-0.39, 0.29) is 12.5 Å². The van der Waals surface area contributed by atoms with Crippen molar-refractivity contribution in [2.24, 2.45) is 0 Å². The molecule has 0 atom stereocenters. The molecular weight excluding hydrogens is 228 g/mol. The molecule has 1 aromatic rings. The summed E-state index contributed by atoms with van der Waals surface area (Å²) in [5.41, 5.74) is 7.37. The molecule has 0 unspecified atom stereocenters. The van der Waals surface area contributed by atoms with E-state index < -0.39 is 0 Å². The average Bonchev–Trinajstić information content (AvgIpc) is 3.17. The number of nitrogen functional groups attached to an aromatic ring is 1. The first kappa shape index (κ1) is 12.9. The van der Waals surface area contributed by atoms with Gasteiger partial charge in [-0.15, -0.1) is 0 Å². The summed E-state index contributed by atoms with van der Waals surface area (Å²) >= 11 is 0. The second-order valence-corrected chi connectivity index (χ2v) is 4.65. The molecule has 1 aliphatic carbocycles. The van der Waals surface area contributed by atoms with E-state index in [0.29, 0.717) is 12.6 Å². The Balaban J connectivity index is 1.74. The fourth-order valence-corrected chi connectivity index (χ4v) is 1.98. The zero-order valence-electron chi connectivity index (χ0n) is 10.8. The molecule has 0 aromatic heterocycles. The van der Waals surface area contributed by atoms with Gasteiger partial charge in [-0.3, -0.25) is 4.79 Å². The van der Waals surface area contributed by atoms with Gasteiger partial charge in [-0.25, -0.2) is 0 Å². The summed E-state index contributed by atoms with van der Waals surface area (Å²) in [6.45, 7) is 3.40. The van der Waals surface area contributed by atoms with E-state index in [2.05, 4.69) is 0 Å². The predicted octanol–water partition coefficient (Wildman–Crippen LogP) is 1.80. The molecule has 1 amide bonds. The van der Waals surface area contributed by atoms with E-state index in [9.17, 15) is 4.79 Å². The second-order valence-electron chi connectivity index (χ2n) is 4.65. The zero-order chi connectivity index (χ0) is 13.0. The minimum absolute atomic E-state index is 0.0930. The number of carbonyl (C=O) groups is 1. The van der Waals surface area contributed by atoms with Crippen LogP contribution >= 0.6 is 0 Å². The first-order chi connectivity index (χ1) is 8.70. The number of hydrogen-bond acceptors (Lipinski definition) is 3. The van der Waals surface area contributed by atoms with Crippen LogP contribution in [0.2, 0.25) is 0 Å². The molecule has 1 aliphatic rings. The maximum atomic E-state index is 11.9. The van der Waals surface area contributed by atoms with E-state index in [1.165, 1.54) is 0 Å². The Morgan fingerprint density at radius 1 is 1.39 bits per heavy atom. The highest BCUT2D eigenvalue weighted by Crippen LogP contribution is 2.26. The standard InChI is InChI=1S/C14H20N2O2/c1-2-16(13-7-8-13)14(17)10-18-9-11-3-5-12(15)6-4-11/h3-6,13H,2,7-10,15H2,1H3. The van der Waals surface area contributed by atoms with Crippen molar-refractivity contribution in [3.05, 3.63) is 29.8 Å². The van der Waals surface area contributed by atoms with Crippen LogP contribution in [0.15, 0.2) is 24.3 Å². The molecule has 1 fully saturated rings. The summed E-state index contributed by atoms with van der Waals surface area (Å²) < 4.78 is 5.45. The Labute approximate surface area is 108 Å². The average molecular weight is 248 g/mol. The zero-order valence-corrected chi connectivity index (χ0v) is 10.8. The van der Waals surface area contributed by atoms with Crippen molar-refractivity contribution in [3.8, 4) is 0 Å². The predicted molar refractivity (Wildman–Crippen MR) is 70.9 cm³/mol. The summed E-state index contributed by atoms with van der Waals surface area (Å²) in [7, 11) is 0. The normalized spacial score (nSPS) is 14.5. The summed E-state index contributed by atoms with van der Waals surface area (Å²) in [5, 5.41) is 0. The molecule has 0 saturated heterocycles. The van der Waals surface area contributed by atoms with Crippen molar-refractivity contribution < 1.29 is 9.53 Å². The molecule has 2 rings (SSSR count). The lowest BCUT2D eigenvalue weighted by molar-refractivity contribution is -0.136. The molecule has 0 heterocycles. The fourth-order valence-electron chi connectivity index (χ4n) is 1.98. The highest BCUT2D eigenvalue weighted by atomic mass is 16.5. The number of rotatable bonds is 6. The number of likely N-dealkylation sites (N-methyl/N-ethyl adjacent to an activating group) is 1. The van der Waals surface area contributed by atoms with E-state index in [0.717, 1.165) is 30.6 Å². The van der Waals surface area contributed by atoms with E-state index >= 15 is 0 Å². The van der Waals surface area contributed by atoms with Crippen molar-refractivity contribution in [2.45, 2.75) is 32.4 Å². The summed E-state index contributed by atoms with van der Waals surface area (Å²) in [6, 6.07) is 7.96. The fraction of sp³-hybridized carbons (Fsp3) is 0.500. The largest absolute Gasteiger partial charge is 0.399 e. The van der Waals surface area contributed by atoms with Crippen molar-refractivity contribution in [1.82, 2.24) is 4.90 Å². The maximum absolute atomic E-state index is 11.9. The van der Waals surface area contributed by atoms with Crippen LogP contribution in [-0.2, 0) is 16.1 Å². The third-order valence-corrected chi connectivity index (χ3v) is 3.12. The Morgan fingerprint density at radius 2 is 2.06 bits per heavy atom. The monoisotopic (exact) mass is 248 g/mol. The molecule has 4 heteroatoms. The second kappa shape index (κ2) is 5.87. The van der Waals surface area contributed by atoms with Crippen molar-refractivity contribution in [2.75, 3.05) is 18.9 Å². The van der Waals surface area contributed by atoms with Gasteiger partial charge in [0.1, 0.15) is 6.61 Å². The van der Waals surface area contributed by atoms with Crippen LogP contribution in [0.4, 0.5) is 5.69 Å². The SMILES string of the molecule is CCN(C(=O)COCc1ccc(N)cc1)C1CC1. The molecule has 0 aliphatic heterocycles. The van der Waals surface area contributed by atoms with Crippen LogP contribution in [0, 0.1) is 0 Å². The van der Waals surface area contributed by atoms with Crippen LogP contribution in [0.25, 0.3) is 0 Å². The summed E-state index contributed by atoms with van der Waals surface area (Å²) in [4.78, 5) is 13.8. The first-order valence-electron chi connectivity index (χ1n) is 6.42. The number of ether oxygens (including phenoxy) is 1. The van der Waals surface area contributed by atoms with Gasteiger partial charge in [0.05, 0.1) is 6.61 Å². The Kier molecular flexibility index (Phi) is 4.20. The van der Waals surface area contributed by atoms with Gasteiger partial charge < -0.3 is 15.4 Å². The van der Waals surface area contributed by atoms with Gasteiger partial charge in [0, 0.05) is 18.3 Å². The first-order valence-corrected chi connectivity index (χ1v) is 6.42. The van der Waals surface area contributed by atoms with Crippen LogP contribution in [-0.4, -0.2) is 30.0 Å². The lowest BCUT2D eigenvalue weighted by Gasteiger charge is -2.20. The van der Waals surface area contributed by atoms with Gasteiger partial charge in [-0.05, 0) is 37.5 Å². The third-order valence-electron chi connectivity index (χ3n) is 3.12. The molecule has 4 nitrogen and oxygen atoms in total. The Hall–Kier alpha value is -1.55. The maximum Gasteiger partial charge on any atom is 0.248 e. The molecule has 1 aromatic carbocycles. The lowest BCUT2D eigenvalue weighted by Crippen LogP contribution is -2.35. The molecule has 98 valence electrons. The molecule has 0 bridgehead atoms. The number of anilines is 1. The van der Waals surface area contributed by atoms with Gasteiger partial charge in [0.2, 0.25) is 5.91 Å². The van der Waals surface area contributed by atoms with Crippen molar-refractivity contribution in [3.63, 3.8) is 0 Å². The number of nitrogens with two attached hydrogens (primary N) is 1. The molecule has 0 spiro atoms. The highest BCUT2D eigenvalue weighted by molar-refractivity contribution is 5.78. The molecular formula is C14H20N2O2. The molecule has 18 heavy (non-hydrogen) atoms. The van der Waals surface area contributed by atoms with Gasteiger partial charge in [0.15, 0.2) is 0 Å².